The fourth-order valence-electron chi connectivity index (χ4n) is 3.46. The van der Waals surface area contributed by atoms with Crippen molar-refractivity contribution >= 4 is 5.91 Å². The summed E-state index contributed by atoms with van der Waals surface area (Å²) < 4.78 is 0. The summed E-state index contributed by atoms with van der Waals surface area (Å²) in [6.07, 6.45) is 12.0. The van der Waals surface area contributed by atoms with Crippen molar-refractivity contribution in [2.45, 2.75) is 70.3 Å². The second-order valence-electron chi connectivity index (χ2n) is 6.30. The lowest BCUT2D eigenvalue weighted by atomic mass is 9.96. The van der Waals surface area contributed by atoms with Crippen LogP contribution in [0.2, 0.25) is 0 Å². The summed E-state index contributed by atoms with van der Waals surface area (Å²) in [5, 5.41) is 3.12. The van der Waals surface area contributed by atoms with Gasteiger partial charge < -0.3 is 11.1 Å². The maximum atomic E-state index is 11.9. The van der Waals surface area contributed by atoms with E-state index >= 15 is 0 Å². The van der Waals surface area contributed by atoms with Gasteiger partial charge in [0.15, 0.2) is 0 Å². The zero-order valence-corrected chi connectivity index (χ0v) is 11.5. The fourth-order valence-corrected chi connectivity index (χ4v) is 3.46. The van der Waals surface area contributed by atoms with Crippen LogP contribution in [0.4, 0.5) is 0 Å². The first-order valence-corrected chi connectivity index (χ1v) is 7.76. The van der Waals surface area contributed by atoms with Gasteiger partial charge in [-0.25, -0.2) is 0 Å². The van der Waals surface area contributed by atoms with E-state index in [0.717, 1.165) is 25.8 Å². The predicted molar refractivity (Wildman–Crippen MR) is 74.1 cm³/mol. The molecule has 2 atom stereocenters. The van der Waals surface area contributed by atoms with Crippen molar-refractivity contribution in [2.75, 3.05) is 6.54 Å². The van der Waals surface area contributed by atoms with Gasteiger partial charge in [-0.1, -0.05) is 25.7 Å². The van der Waals surface area contributed by atoms with E-state index in [4.69, 9.17) is 5.73 Å². The summed E-state index contributed by atoms with van der Waals surface area (Å²) >= 11 is 0. The van der Waals surface area contributed by atoms with Crippen LogP contribution in [0, 0.1) is 11.8 Å². The highest BCUT2D eigenvalue weighted by Crippen LogP contribution is 2.26. The smallest absolute Gasteiger partial charge is 0.220 e. The van der Waals surface area contributed by atoms with E-state index in [9.17, 15) is 4.79 Å². The number of amides is 1. The normalized spacial score (nSPS) is 30.1. The molecule has 0 heterocycles. The molecule has 104 valence electrons. The molecule has 0 aromatic carbocycles. The summed E-state index contributed by atoms with van der Waals surface area (Å²) in [6, 6.07) is 0.369. The molecule has 0 aromatic rings. The Hall–Kier alpha value is -0.570. The first-order chi connectivity index (χ1) is 8.74. The van der Waals surface area contributed by atoms with Crippen LogP contribution in [0.1, 0.15) is 64.2 Å². The topological polar surface area (TPSA) is 55.1 Å². The van der Waals surface area contributed by atoms with Gasteiger partial charge in [0.05, 0.1) is 0 Å². The number of carbonyl (C=O) groups excluding carboxylic acids is 1. The van der Waals surface area contributed by atoms with Gasteiger partial charge in [-0.2, -0.15) is 0 Å². The molecule has 0 bridgehead atoms. The molecule has 2 aliphatic rings. The van der Waals surface area contributed by atoms with Gasteiger partial charge in [-0.15, -0.1) is 0 Å². The maximum absolute atomic E-state index is 11.9. The SMILES string of the molecule is NC1CCC(CNC(=O)CC2CCCCCC2)C1. The van der Waals surface area contributed by atoms with Crippen molar-refractivity contribution in [3.05, 3.63) is 0 Å². The van der Waals surface area contributed by atoms with E-state index in [2.05, 4.69) is 5.32 Å². The largest absolute Gasteiger partial charge is 0.356 e. The molecular weight excluding hydrogens is 224 g/mol. The van der Waals surface area contributed by atoms with Crippen LogP contribution >= 0.6 is 0 Å². The molecule has 3 nitrogen and oxygen atoms in total. The fraction of sp³-hybridized carbons (Fsp3) is 0.933. The maximum Gasteiger partial charge on any atom is 0.220 e. The van der Waals surface area contributed by atoms with E-state index in [1.165, 1.54) is 44.9 Å². The average Bonchev–Trinajstić information content (AvgIpc) is 2.60. The highest BCUT2D eigenvalue weighted by molar-refractivity contribution is 5.76. The molecule has 18 heavy (non-hydrogen) atoms. The van der Waals surface area contributed by atoms with Gasteiger partial charge >= 0.3 is 0 Å². The number of rotatable bonds is 4. The molecule has 2 fully saturated rings. The van der Waals surface area contributed by atoms with Gasteiger partial charge in [0.25, 0.3) is 0 Å². The summed E-state index contributed by atoms with van der Waals surface area (Å²) in [6.45, 7) is 0.846. The minimum absolute atomic E-state index is 0.266. The van der Waals surface area contributed by atoms with Crippen molar-refractivity contribution in [3.63, 3.8) is 0 Å². The quantitative estimate of drug-likeness (QED) is 0.756. The summed E-state index contributed by atoms with van der Waals surface area (Å²) in [5.74, 6) is 1.53. The number of hydrogen-bond donors (Lipinski definition) is 2. The third kappa shape index (κ3) is 4.60. The molecule has 3 heteroatoms. The van der Waals surface area contributed by atoms with Crippen LogP contribution in [0.3, 0.4) is 0 Å². The van der Waals surface area contributed by atoms with Gasteiger partial charge in [0.2, 0.25) is 5.91 Å². The van der Waals surface area contributed by atoms with Crippen LogP contribution in [0.25, 0.3) is 0 Å². The Morgan fingerprint density at radius 3 is 2.33 bits per heavy atom. The van der Waals surface area contributed by atoms with Crippen LogP contribution in [0.5, 0.6) is 0 Å². The Kier molecular flexibility index (Phi) is 5.48. The molecule has 0 aliphatic heterocycles. The van der Waals surface area contributed by atoms with E-state index in [0.29, 0.717) is 17.9 Å². The minimum atomic E-state index is 0.266. The Labute approximate surface area is 111 Å². The van der Waals surface area contributed by atoms with Crippen LogP contribution in [-0.2, 0) is 4.79 Å². The molecule has 2 rings (SSSR count). The molecule has 0 spiro atoms. The molecular formula is C15H28N2O. The van der Waals surface area contributed by atoms with Gasteiger partial charge in [-0.3, -0.25) is 4.79 Å². The predicted octanol–water partition coefficient (Wildman–Crippen LogP) is 2.59. The lowest BCUT2D eigenvalue weighted by molar-refractivity contribution is -0.122. The third-order valence-electron chi connectivity index (χ3n) is 4.62. The highest BCUT2D eigenvalue weighted by Gasteiger charge is 2.22. The molecule has 0 aromatic heterocycles. The zero-order chi connectivity index (χ0) is 12.8. The Balaban J connectivity index is 1.62. The molecule has 0 saturated heterocycles. The van der Waals surface area contributed by atoms with E-state index in [1.54, 1.807) is 0 Å². The monoisotopic (exact) mass is 252 g/mol. The van der Waals surface area contributed by atoms with Crippen LogP contribution in [0.15, 0.2) is 0 Å². The Bertz CT molecular complexity index is 259. The standard InChI is InChI=1S/C15H28N2O/c16-14-8-7-13(9-14)11-17-15(18)10-12-5-3-1-2-4-6-12/h12-14H,1-11,16H2,(H,17,18). The number of nitrogens with one attached hydrogen (secondary N) is 1. The summed E-state index contributed by atoms with van der Waals surface area (Å²) in [7, 11) is 0. The molecule has 3 N–H and O–H groups in total. The lowest BCUT2D eigenvalue weighted by Gasteiger charge is -2.15. The Morgan fingerprint density at radius 1 is 1.00 bits per heavy atom. The number of carbonyl (C=O) groups is 1. The minimum Gasteiger partial charge on any atom is -0.356 e. The Morgan fingerprint density at radius 2 is 1.72 bits per heavy atom. The summed E-state index contributed by atoms with van der Waals surface area (Å²) in [4.78, 5) is 11.9. The van der Waals surface area contributed by atoms with Crippen molar-refractivity contribution in [2.24, 2.45) is 17.6 Å². The van der Waals surface area contributed by atoms with E-state index in [1.807, 2.05) is 0 Å². The number of nitrogens with two attached hydrogens (primary N) is 1. The highest BCUT2D eigenvalue weighted by atomic mass is 16.1. The number of hydrogen-bond acceptors (Lipinski definition) is 2. The van der Waals surface area contributed by atoms with Crippen LogP contribution < -0.4 is 11.1 Å². The van der Waals surface area contributed by atoms with Gasteiger partial charge in [0.1, 0.15) is 0 Å². The first kappa shape index (κ1) is 13.9. The summed E-state index contributed by atoms with van der Waals surface area (Å²) in [5.41, 5.74) is 5.89. The van der Waals surface area contributed by atoms with Crippen molar-refractivity contribution in [1.29, 1.82) is 0 Å². The molecule has 1 amide bonds. The second kappa shape index (κ2) is 7.13. The van der Waals surface area contributed by atoms with Crippen molar-refractivity contribution in [1.82, 2.24) is 5.32 Å². The van der Waals surface area contributed by atoms with E-state index < -0.39 is 0 Å². The zero-order valence-electron chi connectivity index (χ0n) is 11.5. The average molecular weight is 252 g/mol. The molecule has 2 unspecified atom stereocenters. The molecule has 0 radical (unpaired) electrons. The van der Waals surface area contributed by atoms with Gasteiger partial charge in [-0.05, 0) is 43.9 Å². The molecule has 2 aliphatic carbocycles. The van der Waals surface area contributed by atoms with Crippen molar-refractivity contribution < 1.29 is 4.79 Å². The van der Waals surface area contributed by atoms with E-state index in [-0.39, 0.29) is 5.91 Å². The second-order valence-corrected chi connectivity index (χ2v) is 6.30. The van der Waals surface area contributed by atoms with Crippen LogP contribution in [-0.4, -0.2) is 18.5 Å². The van der Waals surface area contributed by atoms with Crippen molar-refractivity contribution in [3.8, 4) is 0 Å². The molecule has 2 saturated carbocycles. The van der Waals surface area contributed by atoms with Gasteiger partial charge in [0, 0.05) is 19.0 Å². The third-order valence-corrected chi connectivity index (χ3v) is 4.62. The lowest BCUT2D eigenvalue weighted by Crippen LogP contribution is -2.30. The first-order valence-electron chi connectivity index (χ1n) is 7.76.